The topological polar surface area (TPSA) is 28.2 Å². The van der Waals surface area contributed by atoms with Crippen molar-refractivity contribution in [2.75, 3.05) is 54.5 Å². The molecule has 0 amide bonds. The average Bonchev–Trinajstić information content (AvgIpc) is 3.44. The number of hydrogen-bond acceptors (Lipinski definition) is 5. The molecular weight excluding hydrogens is 458 g/mol. The van der Waals surface area contributed by atoms with Crippen LogP contribution in [0.1, 0.15) is 47.7 Å². The van der Waals surface area contributed by atoms with Crippen LogP contribution in [-0.2, 0) is 6.42 Å². The zero-order valence-electron chi connectivity index (χ0n) is 23.1. The molecule has 1 saturated heterocycles. The fourth-order valence-electron chi connectivity index (χ4n) is 6.63. The molecule has 5 heteroatoms. The lowest BCUT2D eigenvalue weighted by molar-refractivity contribution is 0.108. The normalized spacial score (nSPS) is 20.1. The summed E-state index contributed by atoms with van der Waals surface area (Å²) in [5, 5.41) is 0. The van der Waals surface area contributed by atoms with E-state index in [1.165, 1.54) is 44.9 Å². The van der Waals surface area contributed by atoms with E-state index >= 15 is 0 Å². The zero-order chi connectivity index (χ0) is 25.9. The maximum Gasteiger partial charge on any atom is 0.129 e. The predicted octanol–water partition coefficient (Wildman–Crippen LogP) is 6.22. The first-order chi connectivity index (χ1) is 17.8. The molecule has 3 aromatic carbocycles. The van der Waals surface area contributed by atoms with Gasteiger partial charge in [0.25, 0.3) is 0 Å². The summed E-state index contributed by atoms with van der Waals surface area (Å²) in [6.07, 6.45) is 1.08. The number of rotatable bonds is 4. The predicted molar refractivity (Wildman–Crippen MR) is 153 cm³/mol. The number of ether oxygens (including phenoxy) is 2. The summed E-state index contributed by atoms with van der Waals surface area (Å²) in [5.74, 6) is 2.01. The van der Waals surface area contributed by atoms with Crippen LogP contribution in [0.3, 0.4) is 0 Å². The summed E-state index contributed by atoms with van der Waals surface area (Å²) in [6, 6.07) is 18.1. The Bertz CT molecular complexity index is 1320. The summed E-state index contributed by atoms with van der Waals surface area (Å²) in [5.41, 5.74) is 10.5. The van der Waals surface area contributed by atoms with Crippen molar-refractivity contribution in [2.45, 2.75) is 52.7 Å². The molecule has 37 heavy (non-hydrogen) atoms. The number of nitrogens with zero attached hydrogens (tertiary/aromatic N) is 3. The van der Waals surface area contributed by atoms with E-state index < -0.39 is 0 Å². The van der Waals surface area contributed by atoms with Crippen molar-refractivity contribution >= 4 is 17.1 Å². The van der Waals surface area contributed by atoms with Gasteiger partial charge in [0.1, 0.15) is 17.1 Å². The highest BCUT2D eigenvalue weighted by Crippen LogP contribution is 2.52. The van der Waals surface area contributed by atoms with Crippen LogP contribution >= 0.6 is 0 Å². The van der Waals surface area contributed by atoms with Gasteiger partial charge in [-0.15, -0.1) is 0 Å². The highest BCUT2D eigenvalue weighted by Gasteiger charge is 2.47. The molecule has 0 spiro atoms. The Morgan fingerprint density at radius 1 is 0.811 bits per heavy atom. The molecule has 0 aromatic heterocycles. The van der Waals surface area contributed by atoms with E-state index in [1.54, 1.807) is 7.11 Å². The van der Waals surface area contributed by atoms with E-state index in [1.807, 2.05) is 12.1 Å². The van der Waals surface area contributed by atoms with Crippen LogP contribution in [0.4, 0.5) is 17.1 Å². The third kappa shape index (κ3) is 4.00. The maximum absolute atomic E-state index is 6.64. The number of piperazine rings is 1. The second kappa shape index (κ2) is 8.90. The molecule has 194 valence electrons. The Hall–Kier alpha value is -3.34. The average molecular weight is 498 g/mol. The molecule has 3 aliphatic rings. The van der Waals surface area contributed by atoms with Gasteiger partial charge >= 0.3 is 0 Å². The van der Waals surface area contributed by atoms with Crippen molar-refractivity contribution in [3.8, 4) is 11.5 Å². The smallest absolute Gasteiger partial charge is 0.129 e. The lowest BCUT2D eigenvalue weighted by Gasteiger charge is -2.38. The number of anilines is 3. The first kappa shape index (κ1) is 24.0. The number of aryl methyl sites for hydroxylation is 2. The largest absolute Gasteiger partial charge is 0.497 e. The van der Waals surface area contributed by atoms with Crippen LogP contribution in [0.5, 0.6) is 11.5 Å². The van der Waals surface area contributed by atoms with Crippen LogP contribution in [-0.4, -0.2) is 45.4 Å². The monoisotopic (exact) mass is 497 g/mol. The zero-order valence-corrected chi connectivity index (χ0v) is 23.1. The van der Waals surface area contributed by atoms with Crippen LogP contribution < -0.4 is 24.2 Å². The van der Waals surface area contributed by atoms with Crippen molar-refractivity contribution < 1.29 is 9.47 Å². The highest BCUT2D eigenvalue weighted by atomic mass is 16.5. The van der Waals surface area contributed by atoms with Gasteiger partial charge in [-0.05, 0) is 106 Å². The van der Waals surface area contributed by atoms with E-state index in [0.717, 1.165) is 50.6 Å². The molecule has 1 unspecified atom stereocenters. The Balaban J connectivity index is 1.21. The minimum absolute atomic E-state index is 0.224. The molecule has 1 fully saturated rings. The van der Waals surface area contributed by atoms with Crippen molar-refractivity contribution in [1.29, 1.82) is 0 Å². The molecule has 6 rings (SSSR count). The minimum atomic E-state index is -0.274. The summed E-state index contributed by atoms with van der Waals surface area (Å²) in [7, 11) is 1.72. The van der Waals surface area contributed by atoms with E-state index in [-0.39, 0.29) is 11.6 Å². The summed E-state index contributed by atoms with van der Waals surface area (Å²) < 4.78 is 12.0. The van der Waals surface area contributed by atoms with Crippen molar-refractivity contribution in [3.63, 3.8) is 0 Å². The molecular formula is C32H39N3O2. The number of benzene rings is 3. The molecule has 3 aromatic rings. The van der Waals surface area contributed by atoms with Crippen LogP contribution in [0.15, 0.2) is 48.5 Å². The van der Waals surface area contributed by atoms with Gasteiger partial charge in [-0.2, -0.15) is 0 Å². The molecule has 0 saturated carbocycles. The SMILES string of the molecule is COc1ccc(N2CCN(c3ccc4c(c3)CCN4C3c4c(C)cc(C)c(C)c4OC3(C)C)CC2)cc1. The van der Waals surface area contributed by atoms with Gasteiger partial charge < -0.3 is 24.2 Å². The molecule has 3 heterocycles. The third-order valence-corrected chi connectivity index (χ3v) is 8.72. The van der Waals surface area contributed by atoms with Crippen molar-refractivity contribution in [1.82, 2.24) is 0 Å². The molecule has 3 aliphatic heterocycles. The summed E-state index contributed by atoms with van der Waals surface area (Å²) in [6.45, 7) is 16.3. The first-order valence-corrected chi connectivity index (χ1v) is 13.6. The van der Waals surface area contributed by atoms with Gasteiger partial charge in [0.05, 0.1) is 13.2 Å². The van der Waals surface area contributed by atoms with Gasteiger partial charge in [0.15, 0.2) is 0 Å². The molecule has 5 nitrogen and oxygen atoms in total. The van der Waals surface area contributed by atoms with Crippen molar-refractivity contribution in [3.05, 3.63) is 76.3 Å². The van der Waals surface area contributed by atoms with Crippen LogP contribution in [0, 0.1) is 20.8 Å². The number of methoxy groups -OCH3 is 1. The lowest BCUT2D eigenvalue weighted by atomic mass is 9.88. The standard InChI is InChI=1S/C32H39N3O2/c1-21-19-22(2)29-30(23(21)3)37-32(4,5)31(29)35-14-13-24-20-26(9-12-28(24)35)34-17-15-33(16-18-34)25-7-10-27(36-6)11-8-25/h7-12,19-20,31H,13-18H2,1-6H3. The molecule has 0 bridgehead atoms. The second-order valence-electron chi connectivity index (χ2n) is 11.4. The lowest BCUT2D eigenvalue weighted by Crippen LogP contribution is -2.46. The van der Waals surface area contributed by atoms with Gasteiger partial charge in [0.2, 0.25) is 0 Å². The summed E-state index contributed by atoms with van der Waals surface area (Å²) >= 11 is 0. The van der Waals surface area contributed by atoms with Gasteiger partial charge in [-0.25, -0.2) is 0 Å². The maximum atomic E-state index is 6.64. The number of hydrogen-bond donors (Lipinski definition) is 0. The number of fused-ring (bicyclic) bond motifs is 2. The van der Waals surface area contributed by atoms with Gasteiger partial charge in [-0.1, -0.05) is 6.07 Å². The minimum Gasteiger partial charge on any atom is -0.497 e. The molecule has 0 N–H and O–H groups in total. The van der Waals surface area contributed by atoms with E-state index in [0.29, 0.717) is 0 Å². The Labute approximate surface area is 221 Å². The Morgan fingerprint density at radius 3 is 2.14 bits per heavy atom. The van der Waals surface area contributed by atoms with Gasteiger partial charge in [-0.3, -0.25) is 0 Å². The molecule has 0 aliphatic carbocycles. The molecule has 1 atom stereocenters. The second-order valence-corrected chi connectivity index (χ2v) is 11.4. The van der Waals surface area contributed by atoms with Gasteiger partial charge in [0, 0.05) is 55.3 Å². The quantitative estimate of drug-likeness (QED) is 0.427. The van der Waals surface area contributed by atoms with Crippen LogP contribution in [0.2, 0.25) is 0 Å². The highest BCUT2D eigenvalue weighted by molar-refractivity contribution is 5.68. The summed E-state index contributed by atoms with van der Waals surface area (Å²) in [4.78, 5) is 7.61. The first-order valence-electron chi connectivity index (χ1n) is 13.6. The van der Waals surface area contributed by atoms with E-state index in [2.05, 4.69) is 85.7 Å². The van der Waals surface area contributed by atoms with E-state index in [4.69, 9.17) is 9.47 Å². The molecule has 0 radical (unpaired) electrons. The fraction of sp³-hybridized carbons (Fsp3) is 0.438. The Morgan fingerprint density at radius 2 is 1.46 bits per heavy atom. The fourth-order valence-corrected chi connectivity index (χ4v) is 6.63. The van der Waals surface area contributed by atoms with Crippen molar-refractivity contribution in [2.24, 2.45) is 0 Å². The van der Waals surface area contributed by atoms with E-state index in [9.17, 15) is 0 Å². The third-order valence-electron chi connectivity index (χ3n) is 8.72. The Kier molecular flexibility index (Phi) is 5.78. The van der Waals surface area contributed by atoms with Crippen LogP contribution in [0.25, 0.3) is 0 Å².